The van der Waals surface area contributed by atoms with Crippen molar-refractivity contribution in [1.82, 2.24) is 5.32 Å². The van der Waals surface area contributed by atoms with Gasteiger partial charge in [0.1, 0.15) is 12.4 Å². The predicted octanol–water partition coefficient (Wildman–Crippen LogP) is 5.34. The van der Waals surface area contributed by atoms with Gasteiger partial charge in [0.15, 0.2) is 0 Å². The number of nitrogens with zero attached hydrogens (tertiary/aromatic N) is 2. The van der Waals surface area contributed by atoms with Crippen LogP contribution in [0, 0.1) is 10.1 Å². The first-order chi connectivity index (χ1) is 18.2. The summed E-state index contributed by atoms with van der Waals surface area (Å²) in [6.07, 6.45) is 4.18. The maximum atomic E-state index is 13.3. The van der Waals surface area contributed by atoms with E-state index in [9.17, 15) is 19.7 Å². The number of allylic oxidation sites excluding steroid dienone is 3. The molecule has 0 aromatic heterocycles. The number of carbonyl (C=O) groups is 2. The molecule has 1 N–H and O–H groups in total. The molecule has 0 saturated heterocycles. The Hall–Kier alpha value is -4.40. The minimum atomic E-state index is -0.590. The first-order valence-corrected chi connectivity index (χ1v) is 12.5. The minimum Gasteiger partial charge on any atom is -0.489 e. The van der Waals surface area contributed by atoms with E-state index in [4.69, 9.17) is 9.47 Å². The van der Waals surface area contributed by atoms with Gasteiger partial charge in [-0.05, 0) is 61.2 Å². The predicted molar refractivity (Wildman–Crippen MR) is 145 cm³/mol. The number of ether oxygens (including phenoxy) is 2. The lowest BCUT2D eigenvalue weighted by atomic mass is 10.0. The molecule has 0 aliphatic carbocycles. The number of hydrogen-bond donors (Lipinski definition) is 1. The Kier molecular flexibility index (Phi) is 9.81. The van der Waals surface area contributed by atoms with Gasteiger partial charge in [0.25, 0.3) is 5.91 Å². The van der Waals surface area contributed by atoms with Gasteiger partial charge in [-0.25, -0.2) is 4.79 Å². The number of carbonyl (C=O) groups excluding carboxylic acids is 2. The van der Waals surface area contributed by atoms with E-state index in [1.54, 1.807) is 32.1 Å². The molecule has 38 heavy (non-hydrogen) atoms. The maximum Gasteiger partial charge on any atom is 0.414 e. The zero-order valence-electron chi connectivity index (χ0n) is 22.1. The molecule has 0 spiro atoms. The van der Waals surface area contributed by atoms with Gasteiger partial charge < -0.3 is 14.8 Å². The molecule has 1 aliphatic rings. The van der Waals surface area contributed by atoms with Crippen molar-refractivity contribution in [2.75, 3.05) is 18.0 Å². The molecule has 0 unspecified atom stereocenters. The van der Waals surface area contributed by atoms with Crippen LogP contribution in [-0.2, 0) is 22.6 Å². The third kappa shape index (κ3) is 7.55. The molecule has 2 aromatic carbocycles. The lowest BCUT2D eigenvalue weighted by Crippen LogP contribution is -2.36. The average molecular weight is 520 g/mol. The Morgan fingerprint density at radius 3 is 2.53 bits per heavy atom. The molecule has 0 atom stereocenters. The van der Waals surface area contributed by atoms with Crippen LogP contribution in [0.4, 0.5) is 10.5 Å². The van der Waals surface area contributed by atoms with Gasteiger partial charge in [0, 0.05) is 25.1 Å². The van der Waals surface area contributed by atoms with Crippen LogP contribution in [0.3, 0.4) is 0 Å². The van der Waals surface area contributed by atoms with E-state index in [0.29, 0.717) is 42.2 Å². The van der Waals surface area contributed by atoms with E-state index in [1.165, 1.54) is 24.0 Å². The normalized spacial score (nSPS) is 13.7. The van der Waals surface area contributed by atoms with E-state index in [1.807, 2.05) is 43.3 Å². The molecule has 200 valence electrons. The number of anilines is 1. The van der Waals surface area contributed by atoms with E-state index in [2.05, 4.69) is 5.32 Å². The molecule has 3 rings (SSSR count). The summed E-state index contributed by atoms with van der Waals surface area (Å²) in [5.74, 6) is 0.353. The highest BCUT2D eigenvalue weighted by Gasteiger charge is 2.26. The summed E-state index contributed by atoms with van der Waals surface area (Å²) in [5, 5.41) is 13.9. The number of benzene rings is 2. The summed E-state index contributed by atoms with van der Waals surface area (Å²) >= 11 is 0. The van der Waals surface area contributed by atoms with Crippen LogP contribution in [0.15, 0.2) is 83.6 Å². The van der Waals surface area contributed by atoms with Gasteiger partial charge >= 0.3 is 6.09 Å². The fourth-order valence-corrected chi connectivity index (χ4v) is 3.84. The largest absolute Gasteiger partial charge is 0.489 e. The summed E-state index contributed by atoms with van der Waals surface area (Å²) < 4.78 is 11.5. The monoisotopic (exact) mass is 519 g/mol. The third-order valence-corrected chi connectivity index (χ3v) is 5.83. The first kappa shape index (κ1) is 28.2. The van der Waals surface area contributed by atoms with E-state index < -0.39 is 11.0 Å². The number of nitro groups is 1. The van der Waals surface area contributed by atoms with Crippen LogP contribution in [0.1, 0.15) is 38.8 Å². The number of rotatable bonds is 11. The van der Waals surface area contributed by atoms with Crippen molar-refractivity contribution >= 4 is 17.7 Å². The number of nitrogens with one attached hydrogen (secondary N) is 1. The lowest BCUT2D eigenvalue weighted by molar-refractivity contribution is -0.424. The minimum absolute atomic E-state index is 0.0243. The molecule has 1 heterocycles. The molecule has 9 nitrogen and oxygen atoms in total. The Balaban J connectivity index is 1.98. The van der Waals surface area contributed by atoms with Crippen LogP contribution >= 0.6 is 0 Å². The summed E-state index contributed by atoms with van der Waals surface area (Å²) in [6.45, 7) is 7.57. The van der Waals surface area contributed by atoms with Crippen molar-refractivity contribution in [2.24, 2.45) is 0 Å². The Bertz CT molecular complexity index is 1260. The zero-order valence-corrected chi connectivity index (χ0v) is 22.1. The molecular formula is C29H33N3O6. The highest BCUT2D eigenvalue weighted by Crippen LogP contribution is 2.30. The second-order valence-electron chi connectivity index (χ2n) is 9.02. The molecular weight excluding hydrogens is 486 g/mol. The summed E-state index contributed by atoms with van der Waals surface area (Å²) in [4.78, 5) is 37.9. The Labute approximate surface area is 222 Å². The number of amides is 2. The topological polar surface area (TPSA) is 111 Å². The average Bonchev–Trinajstić information content (AvgIpc) is 3.33. The maximum absolute atomic E-state index is 13.3. The summed E-state index contributed by atoms with van der Waals surface area (Å²) in [5.41, 5.74) is 3.20. The standard InChI is InChI=1S/C29H33N3O6/c1-5-23-17-25(37-19-22-9-7-6-8-10-22)13-14-27(23)31(29(34)38-20(2)3)18-24(12-11-21(4)32(35)36)26-15-16-30-28(26)33/h6-15,17,20H,5,16,18-19H2,1-4H3,(H,30,33)/b21-11+,24-12-. The van der Waals surface area contributed by atoms with Crippen molar-refractivity contribution < 1.29 is 24.0 Å². The number of aryl methyl sites for hydroxylation is 1. The third-order valence-electron chi connectivity index (χ3n) is 5.83. The number of hydrogen-bond acceptors (Lipinski definition) is 6. The molecule has 9 heteroatoms. The van der Waals surface area contributed by atoms with Gasteiger partial charge in [-0.1, -0.05) is 43.3 Å². The molecule has 2 amide bonds. The molecule has 0 bridgehead atoms. The fourth-order valence-electron chi connectivity index (χ4n) is 3.84. The molecule has 0 radical (unpaired) electrons. The summed E-state index contributed by atoms with van der Waals surface area (Å²) in [6, 6.07) is 15.3. The van der Waals surface area contributed by atoms with Crippen molar-refractivity contribution in [3.8, 4) is 5.75 Å². The quantitative estimate of drug-likeness (QED) is 0.244. The van der Waals surface area contributed by atoms with Crippen molar-refractivity contribution in [2.45, 2.75) is 46.8 Å². The van der Waals surface area contributed by atoms with E-state index in [-0.39, 0.29) is 24.3 Å². The molecule has 2 aromatic rings. The van der Waals surface area contributed by atoms with Crippen molar-refractivity contribution in [1.29, 1.82) is 0 Å². The Morgan fingerprint density at radius 2 is 1.92 bits per heavy atom. The SMILES string of the molecule is CCc1cc(OCc2ccccc2)ccc1N(C/C(=C/C=C(\C)[N+](=O)[O-])C1=CCNC1=O)C(=O)OC(C)C. The zero-order chi connectivity index (χ0) is 27.7. The summed E-state index contributed by atoms with van der Waals surface area (Å²) in [7, 11) is 0. The molecule has 0 fully saturated rings. The van der Waals surface area contributed by atoms with Gasteiger partial charge in [-0.15, -0.1) is 0 Å². The second-order valence-corrected chi connectivity index (χ2v) is 9.02. The van der Waals surface area contributed by atoms with Crippen molar-refractivity contribution in [3.05, 3.63) is 105 Å². The Morgan fingerprint density at radius 1 is 1.18 bits per heavy atom. The van der Waals surface area contributed by atoms with Crippen LogP contribution in [0.2, 0.25) is 0 Å². The highest BCUT2D eigenvalue weighted by atomic mass is 16.6. The van der Waals surface area contributed by atoms with Crippen LogP contribution in [0.5, 0.6) is 5.75 Å². The molecule has 1 aliphatic heterocycles. The van der Waals surface area contributed by atoms with Crippen LogP contribution in [-0.4, -0.2) is 36.1 Å². The fraction of sp³-hybridized carbons (Fsp3) is 0.310. The van der Waals surface area contributed by atoms with Gasteiger partial charge in [-0.2, -0.15) is 0 Å². The smallest absolute Gasteiger partial charge is 0.414 e. The molecule has 0 saturated carbocycles. The van der Waals surface area contributed by atoms with Crippen LogP contribution < -0.4 is 15.0 Å². The highest BCUT2D eigenvalue weighted by molar-refractivity contribution is 6.01. The van der Waals surface area contributed by atoms with Crippen LogP contribution in [0.25, 0.3) is 0 Å². The second kappa shape index (κ2) is 13.2. The van der Waals surface area contributed by atoms with Gasteiger partial charge in [0.05, 0.1) is 23.3 Å². The van der Waals surface area contributed by atoms with Gasteiger partial charge in [0.2, 0.25) is 5.70 Å². The van der Waals surface area contributed by atoms with Gasteiger partial charge in [-0.3, -0.25) is 19.8 Å². The lowest BCUT2D eigenvalue weighted by Gasteiger charge is -2.27. The van der Waals surface area contributed by atoms with E-state index in [0.717, 1.165) is 11.1 Å². The first-order valence-electron chi connectivity index (χ1n) is 12.5. The van der Waals surface area contributed by atoms with Crippen molar-refractivity contribution in [3.63, 3.8) is 0 Å². The van der Waals surface area contributed by atoms with E-state index >= 15 is 0 Å².